The van der Waals surface area contributed by atoms with Crippen molar-refractivity contribution in [2.75, 3.05) is 7.05 Å². The van der Waals surface area contributed by atoms with E-state index in [0.717, 1.165) is 0 Å². The van der Waals surface area contributed by atoms with E-state index in [9.17, 15) is 0 Å². The number of hydrogen-bond donors (Lipinski definition) is 2. The summed E-state index contributed by atoms with van der Waals surface area (Å²) < 4.78 is 1.81. The first kappa shape index (κ1) is 15.7. The fourth-order valence-electron chi connectivity index (χ4n) is 2.51. The molecule has 0 atom stereocenters. The third-order valence-electron chi connectivity index (χ3n) is 3.79. The second-order valence-corrected chi connectivity index (χ2v) is 5.41. The predicted octanol–water partition coefficient (Wildman–Crippen LogP) is 2.03. The number of nitrogens with two attached hydrogens (primary N) is 1. The topological polar surface area (TPSA) is 81.1 Å². The number of nitrogens with one attached hydrogen (secondary N) is 1. The molecule has 0 saturated carbocycles. The minimum absolute atomic E-state index is 0.438. The summed E-state index contributed by atoms with van der Waals surface area (Å²) in [5.41, 5.74) is 10.4. The molecule has 0 radical (unpaired) electrons. The van der Waals surface area contributed by atoms with Crippen molar-refractivity contribution < 1.29 is 0 Å². The van der Waals surface area contributed by atoms with E-state index in [1.807, 2.05) is 12.1 Å². The van der Waals surface area contributed by atoms with Crippen molar-refractivity contribution in [1.82, 2.24) is 20.1 Å². The van der Waals surface area contributed by atoms with Gasteiger partial charge in [-0.05, 0) is 22.3 Å². The zero-order valence-electron chi connectivity index (χ0n) is 13.6. The Balaban J connectivity index is 1.78. The van der Waals surface area contributed by atoms with Gasteiger partial charge in [0, 0.05) is 13.6 Å². The van der Waals surface area contributed by atoms with Crippen LogP contribution in [0.4, 0.5) is 0 Å². The van der Waals surface area contributed by atoms with Gasteiger partial charge < -0.3 is 11.1 Å². The van der Waals surface area contributed by atoms with Gasteiger partial charge in [-0.15, -0.1) is 0 Å². The molecule has 0 spiro atoms. The largest absolute Gasteiger partial charge is 0.370 e. The third-order valence-corrected chi connectivity index (χ3v) is 3.79. The maximum Gasteiger partial charge on any atom is 0.188 e. The van der Waals surface area contributed by atoms with Crippen LogP contribution in [0.5, 0.6) is 0 Å². The van der Waals surface area contributed by atoms with Crippen molar-refractivity contribution >= 4 is 5.96 Å². The van der Waals surface area contributed by atoms with Gasteiger partial charge in [-0.2, -0.15) is 5.10 Å². The summed E-state index contributed by atoms with van der Waals surface area (Å²) >= 11 is 0. The van der Waals surface area contributed by atoms with Crippen LogP contribution in [0.1, 0.15) is 11.1 Å². The van der Waals surface area contributed by atoms with Crippen LogP contribution in [-0.2, 0) is 13.1 Å². The van der Waals surface area contributed by atoms with Crippen LogP contribution in [0.15, 0.2) is 66.2 Å². The van der Waals surface area contributed by atoms with Crippen LogP contribution in [0, 0.1) is 0 Å². The lowest BCUT2D eigenvalue weighted by atomic mass is 9.98. The first-order chi connectivity index (χ1) is 11.8. The summed E-state index contributed by atoms with van der Waals surface area (Å²) in [6.07, 6.45) is 3.26. The predicted molar refractivity (Wildman–Crippen MR) is 95.4 cm³/mol. The lowest BCUT2D eigenvalue weighted by molar-refractivity contribution is 0.685. The third kappa shape index (κ3) is 3.78. The molecule has 3 rings (SSSR count). The first-order valence-corrected chi connectivity index (χ1v) is 7.72. The molecule has 2 aromatic carbocycles. The minimum Gasteiger partial charge on any atom is -0.370 e. The first-order valence-electron chi connectivity index (χ1n) is 7.72. The zero-order valence-corrected chi connectivity index (χ0v) is 13.6. The van der Waals surface area contributed by atoms with Crippen molar-refractivity contribution in [2.45, 2.75) is 13.1 Å². The van der Waals surface area contributed by atoms with Crippen LogP contribution in [-0.4, -0.2) is 27.8 Å². The average molecular weight is 320 g/mol. The number of hydrogen-bond acceptors (Lipinski definition) is 3. The van der Waals surface area contributed by atoms with E-state index in [2.05, 4.69) is 56.8 Å². The summed E-state index contributed by atoms with van der Waals surface area (Å²) in [5.74, 6) is 0.438. The van der Waals surface area contributed by atoms with Gasteiger partial charge in [0.25, 0.3) is 0 Å². The fraction of sp³-hybridized carbons (Fsp3) is 0.167. The Labute approximate surface area is 141 Å². The Hall–Kier alpha value is -3.15. The van der Waals surface area contributed by atoms with E-state index in [4.69, 9.17) is 5.73 Å². The number of aromatic nitrogens is 3. The van der Waals surface area contributed by atoms with Crippen molar-refractivity contribution in [1.29, 1.82) is 0 Å². The van der Waals surface area contributed by atoms with E-state index in [1.165, 1.54) is 22.3 Å². The highest BCUT2D eigenvalue weighted by Gasteiger charge is 2.05. The lowest BCUT2D eigenvalue weighted by Gasteiger charge is -2.12. The molecule has 0 bridgehead atoms. The van der Waals surface area contributed by atoms with Crippen LogP contribution in [0.25, 0.3) is 11.1 Å². The number of rotatable bonds is 5. The van der Waals surface area contributed by atoms with Gasteiger partial charge in [-0.25, -0.2) is 9.67 Å². The molecule has 3 aromatic rings. The van der Waals surface area contributed by atoms with Crippen LogP contribution < -0.4 is 11.1 Å². The zero-order chi connectivity index (χ0) is 16.8. The highest BCUT2D eigenvalue weighted by molar-refractivity contribution is 5.78. The Morgan fingerprint density at radius 3 is 2.67 bits per heavy atom. The minimum atomic E-state index is 0.438. The number of guanidine groups is 1. The van der Waals surface area contributed by atoms with Gasteiger partial charge in [0.1, 0.15) is 12.7 Å². The molecule has 0 aliphatic carbocycles. The van der Waals surface area contributed by atoms with Gasteiger partial charge in [-0.1, -0.05) is 48.5 Å². The van der Waals surface area contributed by atoms with Gasteiger partial charge in [0.2, 0.25) is 0 Å². The van der Waals surface area contributed by atoms with E-state index in [0.29, 0.717) is 19.0 Å². The normalized spacial score (nSPS) is 11.5. The van der Waals surface area contributed by atoms with E-state index in [-0.39, 0.29) is 0 Å². The van der Waals surface area contributed by atoms with Crippen molar-refractivity contribution in [3.63, 3.8) is 0 Å². The molecule has 3 N–H and O–H groups in total. The standard InChI is InChI=1S/C18H20N6/c1-20-18(19)22-10-16-4-2-3-5-17(16)15-8-6-14(7-9-15)11-24-13-21-12-23-24/h2-9,12-13H,10-11H2,1H3,(H3,19,20,22). The Bertz CT molecular complexity index is 806. The highest BCUT2D eigenvalue weighted by atomic mass is 15.3. The second-order valence-electron chi connectivity index (χ2n) is 5.41. The summed E-state index contributed by atoms with van der Waals surface area (Å²) in [5, 5.41) is 7.24. The molecular formula is C18H20N6. The Kier molecular flexibility index (Phi) is 4.86. The molecule has 1 aromatic heterocycles. The average Bonchev–Trinajstić information content (AvgIpc) is 3.13. The molecule has 0 aliphatic heterocycles. The van der Waals surface area contributed by atoms with Crippen LogP contribution in [0.2, 0.25) is 0 Å². The van der Waals surface area contributed by atoms with Gasteiger partial charge in [0.05, 0.1) is 6.54 Å². The smallest absolute Gasteiger partial charge is 0.188 e. The van der Waals surface area contributed by atoms with Crippen molar-refractivity contribution in [3.8, 4) is 11.1 Å². The molecule has 24 heavy (non-hydrogen) atoms. The second kappa shape index (κ2) is 7.41. The summed E-state index contributed by atoms with van der Waals surface area (Å²) in [6, 6.07) is 16.8. The Morgan fingerprint density at radius 1 is 1.17 bits per heavy atom. The highest BCUT2D eigenvalue weighted by Crippen LogP contribution is 2.24. The fourth-order valence-corrected chi connectivity index (χ4v) is 2.51. The van der Waals surface area contributed by atoms with Gasteiger partial charge in [0.15, 0.2) is 5.96 Å². The van der Waals surface area contributed by atoms with Crippen LogP contribution in [0.3, 0.4) is 0 Å². The number of aliphatic imine (C=N–C) groups is 1. The quantitative estimate of drug-likeness (QED) is 0.557. The number of nitrogens with zero attached hydrogens (tertiary/aromatic N) is 4. The summed E-state index contributed by atoms with van der Waals surface area (Å²) in [6.45, 7) is 1.35. The maximum absolute atomic E-state index is 5.72. The summed E-state index contributed by atoms with van der Waals surface area (Å²) in [4.78, 5) is 7.88. The van der Waals surface area contributed by atoms with Gasteiger partial charge in [-0.3, -0.25) is 4.99 Å². The molecular weight excluding hydrogens is 300 g/mol. The van der Waals surface area contributed by atoms with Crippen LogP contribution >= 0.6 is 0 Å². The Morgan fingerprint density at radius 2 is 1.96 bits per heavy atom. The van der Waals surface area contributed by atoms with E-state index in [1.54, 1.807) is 24.4 Å². The monoisotopic (exact) mass is 320 g/mol. The molecule has 0 aliphatic rings. The molecule has 0 unspecified atom stereocenters. The molecule has 1 heterocycles. The SMILES string of the molecule is CN=C(N)NCc1ccccc1-c1ccc(Cn2cncn2)cc1. The lowest BCUT2D eigenvalue weighted by Crippen LogP contribution is -2.30. The molecule has 6 nitrogen and oxygen atoms in total. The van der Waals surface area contributed by atoms with E-state index < -0.39 is 0 Å². The van der Waals surface area contributed by atoms with Crippen molar-refractivity contribution in [2.24, 2.45) is 10.7 Å². The number of benzene rings is 2. The molecule has 0 amide bonds. The van der Waals surface area contributed by atoms with Gasteiger partial charge >= 0.3 is 0 Å². The molecule has 122 valence electrons. The maximum atomic E-state index is 5.72. The van der Waals surface area contributed by atoms with E-state index >= 15 is 0 Å². The molecule has 6 heteroatoms. The van der Waals surface area contributed by atoms with Crippen molar-refractivity contribution in [3.05, 3.63) is 72.3 Å². The summed E-state index contributed by atoms with van der Waals surface area (Å²) in [7, 11) is 1.67. The molecule has 0 fully saturated rings. The molecule has 0 saturated heterocycles.